The Hall–Kier alpha value is -3.75. The molecular weight excluding hydrogens is 528 g/mol. The van der Waals surface area contributed by atoms with E-state index in [0.29, 0.717) is 24.1 Å². The van der Waals surface area contributed by atoms with Gasteiger partial charge in [-0.15, -0.1) is 11.3 Å². The van der Waals surface area contributed by atoms with Crippen LogP contribution in [0, 0.1) is 6.92 Å². The quantitative estimate of drug-likeness (QED) is 0.211. The maximum absolute atomic E-state index is 13.1. The lowest BCUT2D eigenvalue weighted by atomic mass is 9.99. The number of carbonyl (C=O) groups is 2. The molecule has 2 N–H and O–H groups in total. The van der Waals surface area contributed by atoms with E-state index in [1.165, 1.54) is 4.88 Å². The number of rotatable bonds is 12. The Labute approximate surface area is 234 Å². The molecule has 6 nitrogen and oxygen atoms in total. The number of hydrogen-bond acceptors (Lipinski definition) is 5. The number of urea groups is 1. The summed E-state index contributed by atoms with van der Waals surface area (Å²) in [6, 6.07) is 26.0. The van der Waals surface area contributed by atoms with Crippen molar-refractivity contribution in [1.82, 2.24) is 5.32 Å². The Balaban J connectivity index is 1.35. The SMILES string of the molecule is Cc1ccc(S(=O)(=O)Cc2ccc(NC(=O)N[C@H](Cc3ccccc3)C(=O)CCCc3cccs3)cc2)cc1. The monoisotopic (exact) mass is 560 g/mol. The average molecular weight is 561 g/mol. The molecule has 1 aromatic heterocycles. The Bertz CT molecular complexity index is 1470. The van der Waals surface area contributed by atoms with Crippen molar-refractivity contribution >= 4 is 38.7 Å². The van der Waals surface area contributed by atoms with Crippen molar-refractivity contribution < 1.29 is 18.0 Å². The summed E-state index contributed by atoms with van der Waals surface area (Å²) in [6.45, 7) is 1.91. The van der Waals surface area contributed by atoms with Crippen LogP contribution >= 0.6 is 11.3 Å². The van der Waals surface area contributed by atoms with Gasteiger partial charge in [-0.05, 0) is 73.0 Å². The number of anilines is 1. The Morgan fingerprint density at radius 2 is 1.56 bits per heavy atom. The molecule has 3 aromatic carbocycles. The highest BCUT2D eigenvalue weighted by Gasteiger charge is 2.21. The van der Waals surface area contributed by atoms with Gasteiger partial charge in [0.2, 0.25) is 0 Å². The van der Waals surface area contributed by atoms with E-state index in [-0.39, 0.29) is 16.4 Å². The van der Waals surface area contributed by atoms with E-state index >= 15 is 0 Å². The Morgan fingerprint density at radius 1 is 0.846 bits per heavy atom. The molecule has 4 rings (SSSR count). The van der Waals surface area contributed by atoms with Gasteiger partial charge in [-0.2, -0.15) is 0 Å². The second kappa shape index (κ2) is 13.4. The van der Waals surface area contributed by atoms with E-state index in [9.17, 15) is 18.0 Å². The lowest BCUT2D eigenvalue weighted by Gasteiger charge is -2.18. The number of aryl methyl sites for hydroxylation is 2. The first-order valence-corrected chi connectivity index (χ1v) is 15.4. The number of carbonyl (C=O) groups excluding carboxylic acids is 2. The molecular formula is C31H32N2O4S2. The van der Waals surface area contributed by atoms with Crippen LogP contribution in [0.5, 0.6) is 0 Å². The van der Waals surface area contributed by atoms with Crippen LogP contribution in [0.2, 0.25) is 0 Å². The molecule has 0 radical (unpaired) electrons. The van der Waals surface area contributed by atoms with E-state index in [1.54, 1.807) is 59.9 Å². The summed E-state index contributed by atoms with van der Waals surface area (Å²) in [5, 5.41) is 7.64. The molecule has 0 bridgehead atoms. The zero-order valence-electron chi connectivity index (χ0n) is 21.8. The minimum absolute atomic E-state index is 0.0118. The number of benzene rings is 3. The molecule has 8 heteroatoms. The molecule has 0 aliphatic rings. The molecule has 39 heavy (non-hydrogen) atoms. The third-order valence-electron chi connectivity index (χ3n) is 6.35. The lowest BCUT2D eigenvalue weighted by molar-refractivity contribution is -0.120. The second-order valence-electron chi connectivity index (χ2n) is 9.51. The molecule has 0 unspecified atom stereocenters. The van der Waals surface area contributed by atoms with Crippen molar-refractivity contribution in [2.24, 2.45) is 0 Å². The van der Waals surface area contributed by atoms with Crippen molar-refractivity contribution in [3.05, 3.63) is 118 Å². The van der Waals surface area contributed by atoms with Gasteiger partial charge in [0.1, 0.15) is 0 Å². The summed E-state index contributed by atoms with van der Waals surface area (Å²) in [5.74, 6) is -0.149. The zero-order chi connectivity index (χ0) is 27.7. The first-order valence-electron chi connectivity index (χ1n) is 12.8. The first kappa shape index (κ1) is 28.3. The molecule has 202 valence electrons. The molecule has 0 saturated heterocycles. The number of Topliss-reactive ketones (excluding diaryl/α,β-unsaturated/α-hetero) is 1. The molecule has 0 fully saturated rings. The van der Waals surface area contributed by atoms with Crippen LogP contribution < -0.4 is 10.6 Å². The van der Waals surface area contributed by atoms with Crippen LogP contribution in [0.3, 0.4) is 0 Å². The van der Waals surface area contributed by atoms with Gasteiger partial charge < -0.3 is 10.6 Å². The fraction of sp³-hybridized carbons (Fsp3) is 0.226. The maximum atomic E-state index is 13.1. The summed E-state index contributed by atoms with van der Waals surface area (Å²) < 4.78 is 25.5. The van der Waals surface area contributed by atoms with Crippen LogP contribution in [0.25, 0.3) is 0 Å². The summed E-state index contributed by atoms with van der Waals surface area (Å²) in [7, 11) is -3.48. The molecule has 1 atom stereocenters. The van der Waals surface area contributed by atoms with Gasteiger partial charge in [-0.1, -0.05) is 66.2 Å². The minimum atomic E-state index is -3.48. The fourth-order valence-corrected chi connectivity index (χ4v) is 6.32. The third kappa shape index (κ3) is 8.63. The molecule has 1 heterocycles. The van der Waals surface area contributed by atoms with Gasteiger partial charge in [-0.25, -0.2) is 13.2 Å². The topological polar surface area (TPSA) is 92.3 Å². The lowest BCUT2D eigenvalue weighted by Crippen LogP contribution is -2.44. The zero-order valence-corrected chi connectivity index (χ0v) is 23.4. The van der Waals surface area contributed by atoms with Gasteiger partial charge in [0.05, 0.1) is 16.7 Å². The number of sulfone groups is 1. The second-order valence-corrected chi connectivity index (χ2v) is 12.5. The molecule has 2 amide bonds. The van der Waals surface area contributed by atoms with Crippen LogP contribution in [0.1, 0.15) is 34.4 Å². The highest BCUT2D eigenvalue weighted by molar-refractivity contribution is 7.90. The predicted molar refractivity (Wildman–Crippen MR) is 157 cm³/mol. The molecule has 0 aliphatic heterocycles. The molecule has 0 aliphatic carbocycles. The summed E-state index contributed by atoms with van der Waals surface area (Å²) >= 11 is 1.68. The number of amides is 2. The van der Waals surface area contributed by atoms with E-state index < -0.39 is 21.9 Å². The number of thiophene rings is 1. The van der Waals surface area contributed by atoms with Crippen LogP contribution in [-0.2, 0) is 33.2 Å². The van der Waals surface area contributed by atoms with Crippen LogP contribution in [0.4, 0.5) is 10.5 Å². The van der Waals surface area contributed by atoms with Gasteiger partial charge >= 0.3 is 6.03 Å². The van der Waals surface area contributed by atoms with E-state index in [4.69, 9.17) is 0 Å². The van der Waals surface area contributed by atoms with Crippen molar-refractivity contribution in [2.45, 2.75) is 49.3 Å². The van der Waals surface area contributed by atoms with E-state index in [2.05, 4.69) is 16.7 Å². The van der Waals surface area contributed by atoms with Crippen LogP contribution in [-0.4, -0.2) is 26.3 Å². The molecule has 0 saturated carbocycles. The molecule has 0 spiro atoms. The number of hydrogen-bond donors (Lipinski definition) is 2. The first-order chi connectivity index (χ1) is 18.8. The predicted octanol–water partition coefficient (Wildman–Crippen LogP) is 6.36. The van der Waals surface area contributed by atoms with E-state index in [1.807, 2.05) is 48.7 Å². The van der Waals surface area contributed by atoms with Crippen molar-refractivity contribution in [3.63, 3.8) is 0 Å². The maximum Gasteiger partial charge on any atom is 0.319 e. The summed E-state index contributed by atoms with van der Waals surface area (Å²) in [5.41, 5.74) is 3.08. The fourth-order valence-electron chi connectivity index (χ4n) is 4.22. The van der Waals surface area contributed by atoms with Crippen LogP contribution in [0.15, 0.2) is 101 Å². The van der Waals surface area contributed by atoms with E-state index in [0.717, 1.165) is 24.0 Å². The smallest absolute Gasteiger partial charge is 0.319 e. The largest absolute Gasteiger partial charge is 0.328 e. The van der Waals surface area contributed by atoms with Gasteiger partial charge in [0.15, 0.2) is 15.6 Å². The highest BCUT2D eigenvalue weighted by Crippen LogP contribution is 2.19. The normalized spacial score (nSPS) is 12.0. The highest BCUT2D eigenvalue weighted by atomic mass is 32.2. The van der Waals surface area contributed by atoms with Gasteiger partial charge in [-0.3, -0.25) is 4.79 Å². The minimum Gasteiger partial charge on any atom is -0.328 e. The van der Waals surface area contributed by atoms with Crippen molar-refractivity contribution in [3.8, 4) is 0 Å². The Kier molecular flexibility index (Phi) is 9.68. The Morgan fingerprint density at radius 3 is 2.23 bits per heavy atom. The average Bonchev–Trinajstić information content (AvgIpc) is 3.44. The number of nitrogens with one attached hydrogen (secondary N) is 2. The summed E-state index contributed by atoms with van der Waals surface area (Å²) in [4.78, 5) is 27.4. The third-order valence-corrected chi connectivity index (χ3v) is 8.99. The van der Waals surface area contributed by atoms with Gasteiger partial charge in [0.25, 0.3) is 0 Å². The van der Waals surface area contributed by atoms with Crippen molar-refractivity contribution in [2.75, 3.05) is 5.32 Å². The van der Waals surface area contributed by atoms with Crippen molar-refractivity contribution in [1.29, 1.82) is 0 Å². The van der Waals surface area contributed by atoms with Gasteiger partial charge in [0, 0.05) is 17.0 Å². The standard InChI is InChI=1S/C31H32N2O4S2/c1-23-12-18-28(19-13-23)39(36,37)22-25-14-16-26(17-15-25)32-31(35)33-29(21-24-7-3-2-4-8-24)30(34)11-5-9-27-10-6-20-38-27/h2-4,6-8,10,12-20,29H,5,9,11,21-22H2,1H3,(H2,32,33,35)/t29-/m1/s1. The summed E-state index contributed by atoms with van der Waals surface area (Å²) in [6.07, 6.45) is 2.34. The number of ketones is 1. The molecule has 4 aromatic rings.